The standard InChI is InChI=1S/C33H32O6/c1-24(36-27-11-7-5-8-12-27)31(35)37-28-19-15-25(16-20-28)32(2,3)26-17-21-30(22-18-26)39-33(4,23-34)38-29-13-9-6-10-14-29/h5-24H,1-4H3. The third kappa shape index (κ3) is 7.05. The number of benzene rings is 4. The maximum atomic E-state index is 12.5. The first-order valence-corrected chi connectivity index (χ1v) is 12.7. The summed E-state index contributed by atoms with van der Waals surface area (Å²) in [6, 6.07) is 33.2. The molecule has 2 atom stereocenters. The zero-order valence-corrected chi connectivity index (χ0v) is 22.5. The number of rotatable bonds is 11. The molecule has 0 aliphatic rings. The molecule has 4 rings (SSSR count). The monoisotopic (exact) mass is 524 g/mol. The molecule has 0 saturated carbocycles. The van der Waals surface area contributed by atoms with Gasteiger partial charge in [-0.2, -0.15) is 0 Å². The molecular weight excluding hydrogens is 492 g/mol. The van der Waals surface area contributed by atoms with Crippen LogP contribution in [0.4, 0.5) is 0 Å². The van der Waals surface area contributed by atoms with E-state index < -0.39 is 17.9 Å². The highest BCUT2D eigenvalue weighted by Gasteiger charge is 2.29. The van der Waals surface area contributed by atoms with E-state index in [0.717, 1.165) is 11.1 Å². The van der Waals surface area contributed by atoms with E-state index in [1.807, 2.05) is 72.8 Å². The molecule has 0 saturated heterocycles. The SMILES string of the molecule is CC(Oc1ccccc1)C(=O)Oc1ccc(C(C)(C)c2ccc(OC(C)(C=O)Oc3ccccc3)cc2)cc1. The van der Waals surface area contributed by atoms with Crippen LogP contribution >= 0.6 is 0 Å². The second kappa shape index (κ2) is 11.9. The number of hydrogen-bond donors (Lipinski definition) is 0. The van der Waals surface area contributed by atoms with Crippen molar-refractivity contribution < 1.29 is 28.5 Å². The van der Waals surface area contributed by atoms with Crippen LogP contribution in [0.15, 0.2) is 109 Å². The van der Waals surface area contributed by atoms with E-state index in [-0.39, 0.29) is 5.41 Å². The number of para-hydroxylation sites is 2. The van der Waals surface area contributed by atoms with Gasteiger partial charge in [-0.05, 0) is 66.6 Å². The first-order valence-electron chi connectivity index (χ1n) is 12.7. The second-order valence-corrected chi connectivity index (χ2v) is 9.82. The van der Waals surface area contributed by atoms with Gasteiger partial charge >= 0.3 is 11.8 Å². The van der Waals surface area contributed by atoms with Crippen LogP contribution in [0.1, 0.15) is 38.8 Å². The van der Waals surface area contributed by atoms with Gasteiger partial charge in [-0.1, -0.05) is 74.5 Å². The maximum absolute atomic E-state index is 12.5. The molecule has 39 heavy (non-hydrogen) atoms. The van der Waals surface area contributed by atoms with Crippen LogP contribution in [0.5, 0.6) is 23.0 Å². The van der Waals surface area contributed by atoms with Crippen molar-refractivity contribution in [1.29, 1.82) is 0 Å². The first-order chi connectivity index (χ1) is 18.7. The van der Waals surface area contributed by atoms with Gasteiger partial charge in [0.05, 0.1) is 0 Å². The molecule has 6 heteroatoms. The Morgan fingerprint density at radius 1 is 0.641 bits per heavy atom. The molecule has 200 valence electrons. The molecule has 0 spiro atoms. The van der Waals surface area contributed by atoms with E-state index in [0.29, 0.717) is 29.3 Å². The predicted molar refractivity (Wildman–Crippen MR) is 149 cm³/mol. The van der Waals surface area contributed by atoms with Crippen LogP contribution in [0.2, 0.25) is 0 Å². The van der Waals surface area contributed by atoms with Gasteiger partial charge in [0.1, 0.15) is 23.0 Å². The summed E-state index contributed by atoms with van der Waals surface area (Å²) < 4.78 is 22.8. The fourth-order valence-electron chi connectivity index (χ4n) is 4.02. The van der Waals surface area contributed by atoms with Crippen LogP contribution in [0.3, 0.4) is 0 Å². The Morgan fingerprint density at radius 3 is 1.56 bits per heavy atom. The quantitative estimate of drug-likeness (QED) is 0.0935. The van der Waals surface area contributed by atoms with Crippen molar-refractivity contribution in [3.05, 3.63) is 120 Å². The van der Waals surface area contributed by atoms with Crippen molar-refractivity contribution in [2.45, 2.75) is 45.0 Å². The van der Waals surface area contributed by atoms with Gasteiger partial charge in [-0.25, -0.2) is 4.79 Å². The van der Waals surface area contributed by atoms with Gasteiger partial charge in [-0.15, -0.1) is 0 Å². The van der Waals surface area contributed by atoms with Crippen molar-refractivity contribution in [3.63, 3.8) is 0 Å². The van der Waals surface area contributed by atoms with Crippen LogP contribution in [0.25, 0.3) is 0 Å². The topological polar surface area (TPSA) is 71.1 Å². The Labute approximate surface area is 229 Å². The van der Waals surface area contributed by atoms with E-state index >= 15 is 0 Å². The maximum Gasteiger partial charge on any atom is 0.352 e. The van der Waals surface area contributed by atoms with Crippen molar-refractivity contribution in [3.8, 4) is 23.0 Å². The molecule has 6 nitrogen and oxygen atoms in total. The Morgan fingerprint density at radius 2 is 1.08 bits per heavy atom. The Bertz CT molecular complexity index is 1370. The highest BCUT2D eigenvalue weighted by molar-refractivity contribution is 5.77. The summed E-state index contributed by atoms with van der Waals surface area (Å²) in [4.78, 5) is 24.3. The molecule has 4 aromatic carbocycles. The van der Waals surface area contributed by atoms with Crippen molar-refractivity contribution in [1.82, 2.24) is 0 Å². The van der Waals surface area contributed by atoms with Gasteiger partial charge < -0.3 is 18.9 Å². The first kappa shape index (κ1) is 27.5. The number of esters is 1. The average Bonchev–Trinajstić information content (AvgIpc) is 2.94. The van der Waals surface area contributed by atoms with Gasteiger partial charge in [0.25, 0.3) is 0 Å². The van der Waals surface area contributed by atoms with Crippen LogP contribution in [-0.4, -0.2) is 24.1 Å². The average molecular weight is 525 g/mol. The summed E-state index contributed by atoms with van der Waals surface area (Å²) >= 11 is 0. The molecule has 0 aliphatic carbocycles. The molecular formula is C33H32O6. The molecule has 2 unspecified atom stereocenters. The van der Waals surface area contributed by atoms with E-state index in [9.17, 15) is 9.59 Å². The second-order valence-electron chi connectivity index (χ2n) is 9.82. The van der Waals surface area contributed by atoms with E-state index in [2.05, 4.69) is 13.8 Å². The van der Waals surface area contributed by atoms with Gasteiger partial charge in [-0.3, -0.25) is 4.79 Å². The molecule has 4 aromatic rings. The summed E-state index contributed by atoms with van der Waals surface area (Å²) in [5.74, 6) is 0.162. The molecule has 0 aromatic heterocycles. The smallest absolute Gasteiger partial charge is 0.352 e. The summed E-state index contributed by atoms with van der Waals surface area (Å²) in [7, 11) is 0. The van der Waals surface area contributed by atoms with Gasteiger partial charge in [0.2, 0.25) is 6.29 Å². The van der Waals surface area contributed by atoms with E-state index in [1.165, 1.54) is 0 Å². The van der Waals surface area contributed by atoms with E-state index in [4.69, 9.17) is 18.9 Å². The van der Waals surface area contributed by atoms with Crippen LogP contribution in [-0.2, 0) is 15.0 Å². The lowest BCUT2D eigenvalue weighted by Crippen LogP contribution is -2.40. The lowest BCUT2D eigenvalue weighted by atomic mass is 9.78. The largest absolute Gasteiger partial charge is 0.479 e. The highest BCUT2D eigenvalue weighted by Crippen LogP contribution is 2.34. The minimum Gasteiger partial charge on any atom is -0.479 e. The van der Waals surface area contributed by atoms with Crippen LogP contribution in [0, 0.1) is 0 Å². The Hall–Kier alpha value is -4.58. The fourth-order valence-corrected chi connectivity index (χ4v) is 4.02. The van der Waals surface area contributed by atoms with Crippen molar-refractivity contribution >= 4 is 12.3 Å². The van der Waals surface area contributed by atoms with Gasteiger partial charge in [0, 0.05) is 12.3 Å². The minimum atomic E-state index is -1.46. The van der Waals surface area contributed by atoms with Crippen molar-refractivity contribution in [2.24, 2.45) is 0 Å². The predicted octanol–water partition coefficient (Wildman–Crippen LogP) is 6.76. The van der Waals surface area contributed by atoms with E-state index in [1.54, 1.807) is 50.2 Å². The number of carbonyl (C=O) groups is 2. The summed E-state index contributed by atoms with van der Waals surface area (Å²) in [5.41, 5.74) is 1.73. The zero-order chi connectivity index (χ0) is 27.9. The van der Waals surface area contributed by atoms with Gasteiger partial charge in [0.15, 0.2) is 6.10 Å². The number of carbonyl (C=O) groups excluding carboxylic acids is 2. The molecule has 0 N–H and O–H groups in total. The van der Waals surface area contributed by atoms with Crippen LogP contribution < -0.4 is 18.9 Å². The number of aldehydes is 1. The molecule has 0 bridgehead atoms. The molecule has 0 amide bonds. The molecule has 0 aliphatic heterocycles. The number of ether oxygens (including phenoxy) is 4. The number of hydrogen-bond acceptors (Lipinski definition) is 6. The fraction of sp³-hybridized carbons (Fsp3) is 0.212. The third-order valence-corrected chi connectivity index (χ3v) is 6.36. The lowest BCUT2D eigenvalue weighted by molar-refractivity contribution is -0.145. The highest BCUT2D eigenvalue weighted by atomic mass is 16.7. The van der Waals surface area contributed by atoms with Crippen molar-refractivity contribution in [2.75, 3.05) is 0 Å². The zero-order valence-electron chi connectivity index (χ0n) is 22.5. The summed E-state index contributed by atoms with van der Waals surface area (Å²) in [5, 5.41) is 0. The molecule has 0 fully saturated rings. The Kier molecular flexibility index (Phi) is 8.35. The summed E-state index contributed by atoms with van der Waals surface area (Å²) in [6.07, 6.45) is -0.107. The lowest BCUT2D eigenvalue weighted by Gasteiger charge is -2.28. The minimum absolute atomic E-state index is 0.348. The normalized spacial score (nSPS) is 13.4. The molecule has 0 radical (unpaired) electrons. The molecule has 0 heterocycles. The summed E-state index contributed by atoms with van der Waals surface area (Å²) in [6.45, 7) is 7.45. The Balaban J connectivity index is 1.39. The third-order valence-electron chi connectivity index (χ3n) is 6.36.